The van der Waals surface area contributed by atoms with E-state index in [1.54, 1.807) is 24.9 Å². The van der Waals surface area contributed by atoms with Crippen molar-refractivity contribution in [3.8, 4) is 5.88 Å². The third-order valence-electron chi connectivity index (χ3n) is 2.65. The van der Waals surface area contributed by atoms with Gasteiger partial charge in [0.2, 0.25) is 5.82 Å². The zero-order chi connectivity index (χ0) is 14.7. The molecule has 0 radical (unpaired) electrons. The van der Waals surface area contributed by atoms with Crippen LogP contribution in [0.3, 0.4) is 0 Å². The highest BCUT2D eigenvalue weighted by Crippen LogP contribution is 2.32. The first-order valence-corrected chi connectivity index (χ1v) is 5.68. The van der Waals surface area contributed by atoms with Gasteiger partial charge in [-0.1, -0.05) is 0 Å². The fraction of sp³-hybridized carbons (Fsp3) is 0.400. The van der Waals surface area contributed by atoms with Gasteiger partial charge in [0.1, 0.15) is 12.7 Å². The Morgan fingerprint density at radius 3 is 2.80 bits per heavy atom. The highest BCUT2D eigenvalue weighted by molar-refractivity contribution is 5.61. The number of hydrogen-bond acceptors (Lipinski definition) is 8. The Labute approximate surface area is 114 Å². The summed E-state index contributed by atoms with van der Waals surface area (Å²) >= 11 is 0. The standard InChI is InChI=1S/C10H13N7O3/c1-6(9-15-13-5-16(9)2)14-8-7(17(18)19)10(20-3)12-4-11-8/h4-6H,1-3H3,(H,11,12,14). The number of hydrogen-bond donors (Lipinski definition) is 1. The van der Waals surface area contributed by atoms with Crippen LogP contribution in [0.25, 0.3) is 0 Å². The van der Waals surface area contributed by atoms with Gasteiger partial charge in [-0.25, -0.2) is 4.98 Å². The summed E-state index contributed by atoms with van der Waals surface area (Å²) in [5, 5.41) is 21.7. The molecule has 0 saturated carbocycles. The highest BCUT2D eigenvalue weighted by Gasteiger charge is 2.25. The number of aryl methyl sites for hydroxylation is 1. The predicted octanol–water partition coefficient (Wildman–Crippen LogP) is 0.695. The van der Waals surface area contributed by atoms with Crippen LogP contribution in [0.1, 0.15) is 18.8 Å². The van der Waals surface area contributed by atoms with E-state index in [2.05, 4.69) is 25.5 Å². The molecule has 1 atom stereocenters. The van der Waals surface area contributed by atoms with E-state index in [9.17, 15) is 10.1 Å². The van der Waals surface area contributed by atoms with Gasteiger partial charge in [-0.3, -0.25) is 10.1 Å². The maximum absolute atomic E-state index is 11.1. The maximum atomic E-state index is 11.1. The van der Waals surface area contributed by atoms with Crippen molar-refractivity contribution in [2.45, 2.75) is 13.0 Å². The molecule has 106 valence electrons. The topological polar surface area (TPSA) is 121 Å². The molecule has 0 bridgehead atoms. The monoisotopic (exact) mass is 279 g/mol. The molecule has 0 saturated heterocycles. The lowest BCUT2D eigenvalue weighted by atomic mass is 10.3. The molecule has 0 spiro atoms. The molecule has 2 aromatic rings. The van der Waals surface area contributed by atoms with E-state index in [0.717, 1.165) is 0 Å². The van der Waals surface area contributed by atoms with Crippen molar-refractivity contribution in [2.75, 3.05) is 12.4 Å². The fourth-order valence-corrected chi connectivity index (χ4v) is 1.74. The van der Waals surface area contributed by atoms with Crippen LogP contribution >= 0.6 is 0 Å². The second-order valence-corrected chi connectivity index (χ2v) is 4.00. The minimum atomic E-state index is -0.593. The van der Waals surface area contributed by atoms with Gasteiger partial charge < -0.3 is 14.6 Å². The Morgan fingerprint density at radius 2 is 2.25 bits per heavy atom. The second-order valence-electron chi connectivity index (χ2n) is 4.00. The van der Waals surface area contributed by atoms with E-state index in [1.807, 2.05) is 0 Å². The lowest BCUT2D eigenvalue weighted by Gasteiger charge is -2.13. The summed E-state index contributed by atoms with van der Waals surface area (Å²) in [6, 6.07) is -0.319. The smallest absolute Gasteiger partial charge is 0.372 e. The Hall–Kier alpha value is -2.78. The van der Waals surface area contributed by atoms with E-state index in [0.29, 0.717) is 5.82 Å². The number of anilines is 1. The first-order chi connectivity index (χ1) is 9.54. The van der Waals surface area contributed by atoms with Crippen LogP contribution in [0, 0.1) is 10.1 Å². The molecule has 1 unspecified atom stereocenters. The second kappa shape index (κ2) is 5.47. The van der Waals surface area contributed by atoms with Gasteiger partial charge in [-0.15, -0.1) is 10.2 Å². The van der Waals surface area contributed by atoms with Crippen molar-refractivity contribution in [3.05, 3.63) is 28.6 Å². The molecule has 0 aromatic carbocycles. The van der Waals surface area contributed by atoms with Gasteiger partial charge in [0.25, 0.3) is 5.88 Å². The van der Waals surface area contributed by atoms with Gasteiger partial charge in [0.15, 0.2) is 5.82 Å². The first-order valence-electron chi connectivity index (χ1n) is 5.68. The maximum Gasteiger partial charge on any atom is 0.372 e. The normalized spacial score (nSPS) is 11.9. The molecule has 1 N–H and O–H groups in total. The molecular weight excluding hydrogens is 266 g/mol. The molecule has 10 nitrogen and oxygen atoms in total. The van der Waals surface area contributed by atoms with E-state index >= 15 is 0 Å². The van der Waals surface area contributed by atoms with E-state index < -0.39 is 4.92 Å². The predicted molar refractivity (Wildman–Crippen MR) is 68.3 cm³/mol. The molecular formula is C10H13N7O3. The fourth-order valence-electron chi connectivity index (χ4n) is 1.74. The lowest BCUT2D eigenvalue weighted by molar-refractivity contribution is -0.385. The van der Waals surface area contributed by atoms with Crippen LogP contribution in [0.15, 0.2) is 12.7 Å². The van der Waals surface area contributed by atoms with Crippen LogP contribution in [-0.4, -0.2) is 36.8 Å². The molecule has 2 heterocycles. The molecule has 0 aliphatic rings. The number of methoxy groups -OCH3 is 1. The summed E-state index contributed by atoms with van der Waals surface area (Å²) in [5.41, 5.74) is -0.316. The Morgan fingerprint density at radius 1 is 1.50 bits per heavy atom. The quantitative estimate of drug-likeness (QED) is 0.627. The van der Waals surface area contributed by atoms with Crippen LogP contribution in [-0.2, 0) is 7.05 Å². The Kier molecular flexibility index (Phi) is 3.73. The van der Waals surface area contributed by atoms with Crippen molar-refractivity contribution < 1.29 is 9.66 Å². The van der Waals surface area contributed by atoms with E-state index in [1.165, 1.54) is 13.4 Å². The Balaban J connectivity index is 2.34. The van der Waals surface area contributed by atoms with Crippen molar-refractivity contribution in [1.29, 1.82) is 0 Å². The van der Waals surface area contributed by atoms with Crippen LogP contribution in [0.4, 0.5) is 11.5 Å². The van der Waals surface area contributed by atoms with Crippen LogP contribution in [0.2, 0.25) is 0 Å². The molecule has 2 rings (SSSR count). The summed E-state index contributed by atoms with van der Waals surface area (Å²) in [5.74, 6) is 0.590. The third-order valence-corrected chi connectivity index (χ3v) is 2.65. The number of nitro groups is 1. The van der Waals surface area contributed by atoms with Gasteiger partial charge in [-0.05, 0) is 6.92 Å². The zero-order valence-electron chi connectivity index (χ0n) is 11.1. The summed E-state index contributed by atoms with van der Waals surface area (Å²) in [7, 11) is 3.09. The number of ether oxygens (including phenoxy) is 1. The number of nitrogens with zero attached hydrogens (tertiary/aromatic N) is 6. The van der Waals surface area contributed by atoms with Crippen LogP contribution in [0.5, 0.6) is 5.88 Å². The lowest BCUT2D eigenvalue weighted by Crippen LogP contribution is -2.14. The number of rotatable bonds is 5. The third kappa shape index (κ3) is 2.48. The Bertz CT molecular complexity index is 627. The number of aromatic nitrogens is 5. The van der Waals surface area contributed by atoms with Crippen molar-refractivity contribution in [1.82, 2.24) is 24.7 Å². The largest absolute Gasteiger partial charge is 0.476 e. The molecule has 2 aromatic heterocycles. The summed E-state index contributed by atoms with van der Waals surface area (Å²) in [6.45, 7) is 1.79. The number of nitrogens with one attached hydrogen (secondary N) is 1. The molecule has 10 heteroatoms. The molecule has 20 heavy (non-hydrogen) atoms. The molecule has 0 aliphatic carbocycles. The average molecular weight is 279 g/mol. The highest BCUT2D eigenvalue weighted by atomic mass is 16.6. The van der Waals surface area contributed by atoms with Gasteiger partial charge in [0.05, 0.1) is 18.1 Å². The van der Waals surface area contributed by atoms with E-state index in [-0.39, 0.29) is 23.4 Å². The SMILES string of the molecule is COc1ncnc(NC(C)c2nncn2C)c1[N+](=O)[O-]. The average Bonchev–Trinajstić information content (AvgIpc) is 2.84. The minimum Gasteiger partial charge on any atom is -0.476 e. The van der Waals surface area contributed by atoms with Gasteiger partial charge in [-0.2, -0.15) is 4.98 Å². The van der Waals surface area contributed by atoms with E-state index in [4.69, 9.17) is 4.74 Å². The zero-order valence-corrected chi connectivity index (χ0v) is 11.1. The summed E-state index contributed by atoms with van der Waals surface area (Å²) in [4.78, 5) is 18.1. The van der Waals surface area contributed by atoms with Crippen molar-refractivity contribution >= 4 is 11.5 Å². The molecule has 0 fully saturated rings. The molecule has 0 amide bonds. The van der Waals surface area contributed by atoms with Crippen molar-refractivity contribution in [2.24, 2.45) is 7.05 Å². The van der Waals surface area contributed by atoms with Gasteiger partial charge in [0, 0.05) is 7.05 Å². The van der Waals surface area contributed by atoms with Crippen molar-refractivity contribution in [3.63, 3.8) is 0 Å². The molecule has 0 aliphatic heterocycles. The summed E-state index contributed by atoms with van der Waals surface area (Å²) < 4.78 is 6.59. The van der Waals surface area contributed by atoms with Gasteiger partial charge >= 0.3 is 5.69 Å². The first kappa shape index (κ1) is 13.6. The van der Waals surface area contributed by atoms with Crippen LogP contribution < -0.4 is 10.1 Å². The minimum absolute atomic E-state index is 0.0670. The summed E-state index contributed by atoms with van der Waals surface area (Å²) in [6.07, 6.45) is 2.74.